The summed E-state index contributed by atoms with van der Waals surface area (Å²) >= 11 is 0. The minimum atomic E-state index is -1.01. The van der Waals surface area contributed by atoms with Gasteiger partial charge in [-0.15, -0.1) is 0 Å². The highest BCUT2D eigenvalue weighted by atomic mass is 16.6. The number of piperazine rings is 1. The second kappa shape index (κ2) is 9.67. The van der Waals surface area contributed by atoms with Gasteiger partial charge in [0.1, 0.15) is 6.04 Å². The number of para-hydroxylation sites is 2. The molecule has 0 saturated carbocycles. The Morgan fingerprint density at radius 3 is 2.79 bits per heavy atom. The maximum absolute atomic E-state index is 12.6. The first-order chi connectivity index (χ1) is 13.3. The second-order valence-electron chi connectivity index (χ2n) is 6.32. The number of nitrogens with one attached hydrogen (secondary N) is 1. The minimum Gasteiger partial charge on any atom is -0.477 e. The number of hydrogen-bond acceptors (Lipinski definition) is 7. The molecule has 152 valence electrons. The topological polar surface area (TPSA) is 128 Å². The maximum atomic E-state index is 12.6. The zero-order chi connectivity index (χ0) is 20.7. The predicted octanol–water partition coefficient (Wildman–Crippen LogP) is 1.03. The van der Waals surface area contributed by atoms with Crippen molar-refractivity contribution >= 4 is 23.5 Å². The van der Waals surface area contributed by atoms with E-state index in [4.69, 9.17) is 9.47 Å². The molecular weight excluding hydrogens is 370 g/mol. The lowest BCUT2D eigenvalue weighted by Gasteiger charge is -2.34. The monoisotopic (exact) mass is 393 g/mol. The van der Waals surface area contributed by atoms with Crippen molar-refractivity contribution in [2.24, 2.45) is 0 Å². The Kier molecular flexibility index (Phi) is 7.30. The predicted molar refractivity (Wildman–Crippen MR) is 97.6 cm³/mol. The van der Waals surface area contributed by atoms with E-state index in [9.17, 15) is 24.5 Å². The van der Waals surface area contributed by atoms with Gasteiger partial charge >= 0.3 is 11.7 Å². The van der Waals surface area contributed by atoms with E-state index in [1.807, 2.05) is 6.92 Å². The van der Waals surface area contributed by atoms with Crippen LogP contribution in [0.2, 0.25) is 0 Å². The van der Waals surface area contributed by atoms with E-state index in [2.05, 4.69) is 5.32 Å². The molecule has 28 heavy (non-hydrogen) atoms. The first-order valence-corrected chi connectivity index (χ1v) is 8.96. The van der Waals surface area contributed by atoms with Crippen LogP contribution in [0.1, 0.15) is 26.7 Å². The Morgan fingerprint density at radius 1 is 1.39 bits per heavy atom. The first kappa shape index (κ1) is 21.1. The standard InChI is InChI=1S/C18H23N3O7/c1-3-12(2)28-17(23)10-14-18(24)19-8-9-20(14)16(22)11-27-15-7-5-4-6-13(15)21(25)26/h4-7,12,14H,3,8-11H2,1-2H3,(H,19,24). The van der Waals surface area contributed by atoms with E-state index >= 15 is 0 Å². The Hall–Kier alpha value is -3.17. The van der Waals surface area contributed by atoms with Crippen LogP contribution in [0.3, 0.4) is 0 Å². The van der Waals surface area contributed by atoms with Crippen LogP contribution in [-0.2, 0) is 19.1 Å². The van der Waals surface area contributed by atoms with Crippen LogP contribution in [0, 0.1) is 10.1 Å². The molecule has 1 aromatic carbocycles. The molecule has 2 amide bonds. The van der Waals surface area contributed by atoms with Crippen molar-refractivity contribution in [1.82, 2.24) is 10.2 Å². The van der Waals surface area contributed by atoms with Crippen LogP contribution in [0.25, 0.3) is 0 Å². The molecule has 1 heterocycles. The van der Waals surface area contributed by atoms with Gasteiger partial charge < -0.3 is 19.7 Å². The van der Waals surface area contributed by atoms with E-state index in [0.717, 1.165) is 0 Å². The fraction of sp³-hybridized carbons (Fsp3) is 0.500. The summed E-state index contributed by atoms with van der Waals surface area (Å²) in [5.74, 6) is -1.62. The number of amides is 2. The van der Waals surface area contributed by atoms with Gasteiger partial charge in [-0.1, -0.05) is 19.1 Å². The van der Waals surface area contributed by atoms with E-state index in [1.54, 1.807) is 13.0 Å². The molecule has 0 bridgehead atoms. The molecule has 0 aromatic heterocycles. The molecule has 1 aliphatic heterocycles. The number of nitro benzene ring substituents is 1. The minimum absolute atomic E-state index is 0.0463. The first-order valence-electron chi connectivity index (χ1n) is 8.96. The zero-order valence-corrected chi connectivity index (χ0v) is 15.8. The highest BCUT2D eigenvalue weighted by Crippen LogP contribution is 2.26. The number of carbonyl (C=O) groups excluding carboxylic acids is 3. The van der Waals surface area contributed by atoms with Gasteiger partial charge in [0.2, 0.25) is 5.91 Å². The van der Waals surface area contributed by atoms with Crippen LogP contribution in [0.15, 0.2) is 24.3 Å². The summed E-state index contributed by atoms with van der Waals surface area (Å²) in [6.45, 7) is 3.55. The third-order valence-corrected chi connectivity index (χ3v) is 4.33. The molecule has 0 aliphatic carbocycles. The SMILES string of the molecule is CCC(C)OC(=O)CC1C(=O)NCCN1C(=O)COc1ccccc1[N+](=O)[O-]. The Morgan fingerprint density at radius 2 is 2.11 bits per heavy atom. The lowest BCUT2D eigenvalue weighted by Crippen LogP contribution is -2.58. The van der Waals surface area contributed by atoms with Crippen molar-refractivity contribution in [1.29, 1.82) is 0 Å². The molecule has 1 aliphatic rings. The lowest BCUT2D eigenvalue weighted by molar-refractivity contribution is -0.385. The summed E-state index contributed by atoms with van der Waals surface area (Å²) in [5.41, 5.74) is -0.264. The summed E-state index contributed by atoms with van der Waals surface area (Å²) in [7, 11) is 0. The lowest BCUT2D eigenvalue weighted by atomic mass is 10.1. The Bertz CT molecular complexity index is 752. The van der Waals surface area contributed by atoms with Crippen LogP contribution in [-0.4, -0.2) is 59.4 Å². The largest absolute Gasteiger partial charge is 0.477 e. The Labute approximate surface area is 161 Å². The van der Waals surface area contributed by atoms with Crippen molar-refractivity contribution in [3.8, 4) is 5.75 Å². The van der Waals surface area contributed by atoms with E-state index < -0.39 is 35.4 Å². The smallest absolute Gasteiger partial charge is 0.310 e. The van der Waals surface area contributed by atoms with Crippen molar-refractivity contribution < 1.29 is 28.8 Å². The zero-order valence-electron chi connectivity index (χ0n) is 15.8. The van der Waals surface area contributed by atoms with Crippen molar-refractivity contribution in [2.45, 2.75) is 38.8 Å². The quantitative estimate of drug-likeness (QED) is 0.397. The van der Waals surface area contributed by atoms with E-state index in [0.29, 0.717) is 6.42 Å². The average Bonchev–Trinajstić information content (AvgIpc) is 2.67. The van der Waals surface area contributed by atoms with Gasteiger partial charge in [-0.25, -0.2) is 0 Å². The summed E-state index contributed by atoms with van der Waals surface area (Å²) in [4.78, 5) is 48.4. The van der Waals surface area contributed by atoms with Gasteiger partial charge in [-0.3, -0.25) is 24.5 Å². The highest BCUT2D eigenvalue weighted by Gasteiger charge is 2.35. The number of carbonyl (C=O) groups is 3. The molecule has 2 rings (SSSR count). The van der Waals surface area contributed by atoms with E-state index in [-0.39, 0.29) is 37.1 Å². The van der Waals surface area contributed by atoms with Crippen LogP contribution in [0.4, 0.5) is 5.69 Å². The molecule has 2 atom stereocenters. The fourth-order valence-corrected chi connectivity index (χ4v) is 2.68. The Balaban J connectivity index is 2.04. The third kappa shape index (κ3) is 5.41. The summed E-state index contributed by atoms with van der Waals surface area (Å²) in [6.07, 6.45) is 0.0766. The number of ether oxygens (including phenoxy) is 2. The molecule has 1 fully saturated rings. The molecule has 1 aromatic rings. The van der Waals surface area contributed by atoms with Crippen LogP contribution >= 0.6 is 0 Å². The number of esters is 1. The number of rotatable bonds is 8. The second-order valence-corrected chi connectivity index (χ2v) is 6.32. The van der Waals surface area contributed by atoms with Gasteiger partial charge in [0, 0.05) is 19.2 Å². The van der Waals surface area contributed by atoms with Gasteiger partial charge in [0.25, 0.3) is 5.91 Å². The number of benzene rings is 1. The molecule has 2 unspecified atom stereocenters. The molecule has 1 saturated heterocycles. The molecule has 10 heteroatoms. The van der Waals surface area contributed by atoms with Gasteiger partial charge in [0.15, 0.2) is 12.4 Å². The van der Waals surface area contributed by atoms with Gasteiger partial charge in [-0.05, 0) is 19.4 Å². The number of nitrogens with zero attached hydrogens (tertiary/aromatic N) is 2. The molecule has 10 nitrogen and oxygen atoms in total. The van der Waals surface area contributed by atoms with Crippen LogP contribution in [0.5, 0.6) is 5.75 Å². The molecule has 0 spiro atoms. The maximum Gasteiger partial charge on any atom is 0.310 e. The van der Waals surface area contributed by atoms with Crippen molar-refractivity contribution in [3.05, 3.63) is 34.4 Å². The summed E-state index contributed by atoms with van der Waals surface area (Å²) < 4.78 is 10.5. The van der Waals surface area contributed by atoms with Crippen molar-refractivity contribution in [2.75, 3.05) is 19.7 Å². The van der Waals surface area contributed by atoms with Gasteiger partial charge in [-0.2, -0.15) is 0 Å². The molecular formula is C18H23N3O7. The number of nitro groups is 1. The normalized spacial score (nSPS) is 17.4. The summed E-state index contributed by atoms with van der Waals surface area (Å²) in [5, 5.41) is 13.6. The van der Waals surface area contributed by atoms with Gasteiger partial charge in [0.05, 0.1) is 17.4 Å². The van der Waals surface area contributed by atoms with Crippen molar-refractivity contribution in [3.63, 3.8) is 0 Å². The summed E-state index contributed by atoms with van der Waals surface area (Å²) in [6, 6.07) is 4.68. The fourth-order valence-electron chi connectivity index (χ4n) is 2.68. The molecule has 0 radical (unpaired) electrons. The molecule has 1 N–H and O–H groups in total. The van der Waals surface area contributed by atoms with Crippen LogP contribution < -0.4 is 10.1 Å². The highest BCUT2D eigenvalue weighted by molar-refractivity contribution is 5.92. The van der Waals surface area contributed by atoms with E-state index in [1.165, 1.54) is 23.1 Å². The number of hydrogen-bond donors (Lipinski definition) is 1. The third-order valence-electron chi connectivity index (χ3n) is 4.33. The average molecular weight is 393 g/mol.